The largest absolute Gasteiger partial charge is 0.462 e. The van der Waals surface area contributed by atoms with E-state index >= 15 is 0 Å². The Morgan fingerprint density at radius 1 is 1.19 bits per heavy atom. The van der Waals surface area contributed by atoms with Crippen molar-refractivity contribution in [2.75, 3.05) is 6.61 Å². The van der Waals surface area contributed by atoms with Gasteiger partial charge in [0, 0.05) is 5.56 Å². The molecule has 2 aromatic carbocycles. The summed E-state index contributed by atoms with van der Waals surface area (Å²) in [6.07, 6.45) is 0. The van der Waals surface area contributed by atoms with Gasteiger partial charge in [0.15, 0.2) is 0 Å². The van der Waals surface area contributed by atoms with E-state index in [4.69, 9.17) is 9.26 Å². The minimum atomic E-state index is -0.403. The van der Waals surface area contributed by atoms with Gasteiger partial charge in [0.05, 0.1) is 6.61 Å². The Balaban J connectivity index is 2.12. The number of esters is 1. The zero-order valence-electron chi connectivity index (χ0n) is 11.9. The van der Waals surface area contributed by atoms with Crippen LogP contribution in [0, 0.1) is 6.92 Å². The second kappa shape index (κ2) is 5.40. The van der Waals surface area contributed by atoms with Crippen LogP contribution in [0.5, 0.6) is 0 Å². The normalized spacial score (nSPS) is 10.8. The van der Waals surface area contributed by atoms with Crippen LogP contribution in [0.3, 0.4) is 0 Å². The number of carbonyl (C=O) groups excluding carboxylic acids is 1. The maximum atomic E-state index is 12.1. The molecule has 0 saturated heterocycles. The molecular weight excluding hydrogens is 266 g/mol. The Morgan fingerprint density at radius 3 is 2.71 bits per heavy atom. The summed E-state index contributed by atoms with van der Waals surface area (Å²) in [6, 6.07) is 14.0. The van der Waals surface area contributed by atoms with Gasteiger partial charge in [-0.1, -0.05) is 41.6 Å². The average Bonchev–Trinajstić information content (AvgIpc) is 2.89. The molecule has 0 radical (unpaired) electrons. The highest BCUT2D eigenvalue weighted by Gasteiger charge is 2.22. The third-order valence-corrected chi connectivity index (χ3v) is 3.37. The van der Waals surface area contributed by atoms with E-state index in [0.717, 1.165) is 16.3 Å². The van der Waals surface area contributed by atoms with Crippen LogP contribution in [0.1, 0.15) is 23.0 Å². The van der Waals surface area contributed by atoms with Crippen molar-refractivity contribution < 1.29 is 14.1 Å². The van der Waals surface area contributed by atoms with E-state index in [1.807, 2.05) is 42.5 Å². The molecule has 0 fully saturated rings. The SMILES string of the molecule is CCOC(=O)c1c(-c2ccc3ccccc3c2)noc1C. The first-order valence-electron chi connectivity index (χ1n) is 6.83. The van der Waals surface area contributed by atoms with Crippen molar-refractivity contribution in [2.45, 2.75) is 13.8 Å². The molecular formula is C17H15NO3. The van der Waals surface area contributed by atoms with Crippen molar-refractivity contribution in [2.24, 2.45) is 0 Å². The van der Waals surface area contributed by atoms with Gasteiger partial charge in [0.2, 0.25) is 0 Å². The number of aryl methyl sites for hydroxylation is 1. The van der Waals surface area contributed by atoms with Crippen molar-refractivity contribution >= 4 is 16.7 Å². The van der Waals surface area contributed by atoms with E-state index in [0.29, 0.717) is 23.6 Å². The van der Waals surface area contributed by atoms with E-state index in [1.165, 1.54) is 0 Å². The maximum Gasteiger partial charge on any atom is 0.344 e. The fourth-order valence-corrected chi connectivity index (χ4v) is 2.35. The summed E-state index contributed by atoms with van der Waals surface area (Å²) in [6.45, 7) is 3.81. The van der Waals surface area contributed by atoms with Gasteiger partial charge in [-0.25, -0.2) is 4.79 Å². The molecule has 4 nitrogen and oxygen atoms in total. The predicted octanol–water partition coefficient (Wildman–Crippen LogP) is 3.98. The van der Waals surface area contributed by atoms with E-state index in [-0.39, 0.29) is 0 Å². The molecule has 1 aromatic heterocycles. The smallest absolute Gasteiger partial charge is 0.344 e. The van der Waals surface area contributed by atoms with E-state index in [2.05, 4.69) is 5.16 Å². The Kier molecular flexibility index (Phi) is 3.44. The summed E-state index contributed by atoms with van der Waals surface area (Å²) in [7, 11) is 0. The van der Waals surface area contributed by atoms with Gasteiger partial charge in [0.25, 0.3) is 0 Å². The molecule has 0 saturated carbocycles. The monoisotopic (exact) mass is 281 g/mol. The molecule has 0 unspecified atom stereocenters. The molecule has 0 aliphatic heterocycles. The molecule has 0 aliphatic carbocycles. The van der Waals surface area contributed by atoms with Crippen LogP contribution < -0.4 is 0 Å². The molecule has 3 rings (SSSR count). The molecule has 0 aliphatic rings. The first-order valence-corrected chi connectivity index (χ1v) is 6.83. The van der Waals surface area contributed by atoms with Gasteiger partial charge >= 0.3 is 5.97 Å². The van der Waals surface area contributed by atoms with Crippen LogP contribution in [-0.2, 0) is 4.74 Å². The summed E-state index contributed by atoms with van der Waals surface area (Å²) >= 11 is 0. The van der Waals surface area contributed by atoms with Crippen LogP contribution in [0.2, 0.25) is 0 Å². The standard InChI is InChI=1S/C17H15NO3/c1-3-20-17(19)15-11(2)21-18-16(15)14-9-8-12-6-4-5-7-13(12)10-14/h4-10H,3H2,1-2H3. The van der Waals surface area contributed by atoms with Crippen molar-refractivity contribution in [3.63, 3.8) is 0 Å². The number of nitrogens with zero attached hydrogens (tertiary/aromatic N) is 1. The summed E-state index contributed by atoms with van der Waals surface area (Å²) < 4.78 is 10.3. The first-order chi connectivity index (χ1) is 10.2. The van der Waals surface area contributed by atoms with Crippen molar-refractivity contribution in [3.8, 4) is 11.3 Å². The second-order valence-corrected chi connectivity index (χ2v) is 4.74. The van der Waals surface area contributed by atoms with Gasteiger partial charge in [-0.05, 0) is 30.7 Å². The Bertz CT molecular complexity index is 805. The zero-order valence-corrected chi connectivity index (χ0v) is 11.9. The lowest BCUT2D eigenvalue weighted by molar-refractivity contribution is 0.0525. The van der Waals surface area contributed by atoms with Crippen molar-refractivity contribution in [1.29, 1.82) is 0 Å². The van der Waals surface area contributed by atoms with Crippen LogP contribution in [-0.4, -0.2) is 17.7 Å². The maximum absolute atomic E-state index is 12.1. The predicted molar refractivity (Wildman–Crippen MR) is 80.1 cm³/mol. The number of rotatable bonds is 3. The van der Waals surface area contributed by atoms with E-state index < -0.39 is 5.97 Å². The number of ether oxygens (including phenoxy) is 1. The van der Waals surface area contributed by atoms with Gasteiger partial charge in [-0.15, -0.1) is 0 Å². The highest BCUT2D eigenvalue weighted by molar-refractivity contribution is 5.98. The Morgan fingerprint density at radius 2 is 1.95 bits per heavy atom. The number of fused-ring (bicyclic) bond motifs is 1. The number of benzene rings is 2. The molecule has 0 N–H and O–H groups in total. The molecule has 0 atom stereocenters. The highest BCUT2D eigenvalue weighted by Crippen LogP contribution is 2.28. The van der Waals surface area contributed by atoms with Crippen molar-refractivity contribution in [1.82, 2.24) is 5.16 Å². The second-order valence-electron chi connectivity index (χ2n) is 4.74. The minimum Gasteiger partial charge on any atom is -0.462 e. The lowest BCUT2D eigenvalue weighted by Crippen LogP contribution is -2.06. The lowest BCUT2D eigenvalue weighted by Gasteiger charge is -2.04. The third kappa shape index (κ3) is 2.40. The molecule has 0 amide bonds. The highest BCUT2D eigenvalue weighted by atomic mass is 16.5. The summed E-state index contributed by atoms with van der Waals surface area (Å²) in [4.78, 5) is 12.1. The molecule has 4 heteroatoms. The Hall–Kier alpha value is -2.62. The number of hydrogen-bond donors (Lipinski definition) is 0. The molecule has 1 heterocycles. The number of aromatic nitrogens is 1. The van der Waals surface area contributed by atoms with E-state index in [9.17, 15) is 4.79 Å². The molecule has 21 heavy (non-hydrogen) atoms. The Labute approximate surface area is 122 Å². The van der Waals surface area contributed by atoms with Gasteiger partial charge < -0.3 is 9.26 Å². The van der Waals surface area contributed by atoms with Gasteiger partial charge in [0.1, 0.15) is 17.0 Å². The van der Waals surface area contributed by atoms with Crippen LogP contribution in [0.25, 0.3) is 22.0 Å². The zero-order chi connectivity index (χ0) is 14.8. The topological polar surface area (TPSA) is 52.3 Å². The summed E-state index contributed by atoms with van der Waals surface area (Å²) in [5.74, 6) is 0.0658. The fourth-order valence-electron chi connectivity index (χ4n) is 2.35. The van der Waals surface area contributed by atoms with Gasteiger partial charge in [-0.3, -0.25) is 0 Å². The molecule has 106 valence electrons. The summed E-state index contributed by atoms with van der Waals surface area (Å²) in [5, 5.41) is 6.25. The number of carbonyl (C=O) groups is 1. The fraction of sp³-hybridized carbons (Fsp3) is 0.176. The first kappa shape index (κ1) is 13.4. The lowest BCUT2D eigenvalue weighted by atomic mass is 10.0. The third-order valence-electron chi connectivity index (χ3n) is 3.37. The molecule has 0 spiro atoms. The number of hydrogen-bond acceptors (Lipinski definition) is 4. The average molecular weight is 281 g/mol. The minimum absolute atomic E-state index is 0.320. The van der Waals surface area contributed by atoms with Gasteiger partial charge in [-0.2, -0.15) is 0 Å². The van der Waals surface area contributed by atoms with Crippen LogP contribution >= 0.6 is 0 Å². The quantitative estimate of drug-likeness (QED) is 0.681. The molecule has 0 bridgehead atoms. The van der Waals surface area contributed by atoms with Crippen LogP contribution in [0.4, 0.5) is 0 Å². The summed E-state index contributed by atoms with van der Waals surface area (Å²) in [5.41, 5.74) is 1.76. The molecule has 3 aromatic rings. The van der Waals surface area contributed by atoms with Crippen LogP contribution in [0.15, 0.2) is 47.0 Å². The van der Waals surface area contributed by atoms with Crippen molar-refractivity contribution in [3.05, 3.63) is 53.8 Å². The van der Waals surface area contributed by atoms with E-state index in [1.54, 1.807) is 13.8 Å².